The number of para-hydroxylation sites is 2. The monoisotopic (exact) mass is 433 g/mol. The molecule has 11 heteroatoms. The van der Waals surface area contributed by atoms with Gasteiger partial charge in [-0.1, -0.05) is 12.1 Å². The average Bonchev–Trinajstić information content (AvgIpc) is 2.80. The van der Waals surface area contributed by atoms with Gasteiger partial charge in [-0.15, -0.1) is 11.8 Å². The quantitative estimate of drug-likeness (QED) is 0.549. The fraction of sp³-hybridized carbons (Fsp3) is 0.158. The lowest BCUT2D eigenvalue weighted by molar-refractivity contribution is -0.138. The van der Waals surface area contributed by atoms with Gasteiger partial charge in [0, 0.05) is 5.75 Å². The van der Waals surface area contributed by atoms with E-state index in [1.807, 2.05) is 5.32 Å². The summed E-state index contributed by atoms with van der Waals surface area (Å²) in [6, 6.07) is 8.64. The molecule has 1 heterocycles. The van der Waals surface area contributed by atoms with E-state index in [1.54, 1.807) is 24.3 Å². The molecule has 1 atom stereocenters. The van der Waals surface area contributed by atoms with Crippen molar-refractivity contribution in [3.63, 3.8) is 0 Å². The summed E-state index contributed by atoms with van der Waals surface area (Å²) < 4.78 is 13.7. The van der Waals surface area contributed by atoms with Crippen molar-refractivity contribution in [2.45, 2.75) is 6.04 Å². The summed E-state index contributed by atoms with van der Waals surface area (Å²) in [5.74, 6) is -3.46. The molecule has 30 heavy (non-hydrogen) atoms. The highest BCUT2D eigenvalue weighted by atomic mass is 32.2. The zero-order valence-electron chi connectivity index (χ0n) is 15.3. The summed E-state index contributed by atoms with van der Waals surface area (Å²) >= 11 is 0.916. The number of carbonyl (C=O) groups is 4. The van der Waals surface area contributed by atoms with Crippen molar-refractivity contribution in [1.29, 1.82) is 0 Å². The SMILES string of the molecule is O=C(O)NC(CSCC(=O)N1c2ccccc2NC(=O)c2cc(F)ccc21)C(=O)O. The van der Waals surface area contributed by atoms with Gasteiger partial charge in [-0.3, -0.25) is 14.5 Å². The Hall–Kier alpha value is -3.60. The number of carbonyl (C=O) groups excluding carboxylic acids is 2. The van der Waals surface area contributed by atoms with E-state index in [1.165, 1.54) is 11.0 Å². The molecule has 2 aromatic carbocycles. The van der Waals surface area contributed by atoms with Gasteiger partial charge < -0.3 is 20.8 Å². The van der Waals surface area contributed by atoms with Gasteiger partial charge in [-0.05, 0) is 30.3 Å². The number of aliphatic carboxylic acids is 1. The van der Waals surface area contributed by atoms with Crippen molar-refractivity contribution in [3.8, 4) is 0 Å². The van der Waals surface area contributed by atoms with Gasteiger partial charge in [-0.2, -0.15) is 0 Å². The maximum Gasteiger partial charge on any atom is 0.405 e. The molecule has 0 saturated heterocycles. The maximum atomic E-state index is 13.7. The Morgan fingerprint density at radius 3 is 2.57 bits per heavy atom. The molecule has 4 N–H and O–H groups in total. The topological polar surface area (TPSA) is 136 Å². The molecule has 1 aliphatic rings. The second-order valence-electron chi connectivity index (χ2n) is 6.22. The van der Waals surface area contributed by atoms with E-state index in [-0.39, 0.29) is 22.8 Å². The molecule has 9 nitrogen and oxygen atoms in total. The van der Waals surface area contributed by atoms with Crippen molar-refractivity contribution in [2.24, 2.45) is 0 Å². The lowest BCUT2D eigenvalue weighted by atomic mass is 10.1. The molecular weight excluding hydrogens is 417 g/mol. The highest BCUT2D eigenvalue weighted by Gasteiger charge is 2.30. The standard InChI is InChI=1S/C19H16FN3O6S/c20-10-5-6-14-11(7-10)17(25)21-12-3-1-2-4-15(12)23(14)16(24)9-30-8-13(18(26)27)22-19(28)29/h1-7,13,22H,8-9H2,(H,21,25)(H,26,27)(H,28,29). The molecule has 0 aliphatic carbocycles. The number of carboxylic acid groups (broad SMARTS) is 2. The van der Waals surface area contributed by atoms with Gasteiger partial charge >= 0.3 is 12.1 Å². The van der Waals surface area contributed by atoms with Crippen molar-refractivity contribution in [3.05, 3.63) is 53.8 Å². The molecule has 0 spiro atoms. The van der Waals surface area contributed by atoms with Gasteiger partial charge in [0.05, 0.1) is 28.4 Å². The Kier molecular flexibility index (Phi) is 6.21. The number of nitrogens with zero attached hydrogens (tertiary/aromatic N) is 1. The van der Waals surface area contributed by atoms with Crippen LogP contribution in [0.15, 0.2) is 42.5 Å². The summed E-state index contributed by atoms with van der Waals surface area (Å²) in [7, 11) is 0. The first-order chi connectivity index (χ1) is 14.3. The number of nitrogens with one attached hydrogen (secondary N) is 2. The molecule has 1 aliphatic heterocycles. The first kappa shape index (κ1) is 21.1. The second-order valence-corrected chi connectivity index (χ2v) is 7.25. The maximum absolute atomic E-state index is 13.7. The van der Waals surface area contributed by atoms with Crippen molar-refractivity contribution >= 4 is 52.7 Å². The van der Waals surface area contributed by atoms with Crippen molar-refractivity contribution < 1.29 is 33.8 Å². The smallest absolute Gasteiger partial charge is 0.405 e. The summed E-state index contributed by atoms with van der Waals surface area (Å²) in [5, 5.41) is 22.3. The second kappa shape index (κ2) is 8.82. The van der Waals surface area contributed by atoms with Gasteiger partial charge in [0.1, 0.15) is 11.9 Å². The zero-order valence-corrected chi connectivity index (χ0v) is 16.1. The fourth-order valence-corrected chi connectivity index (χ4v) is 3.78. The molecule has 2 aromatic rings. The lowest BCUT2D eigenvalue weighted by Crippen LogP contribution is -2.42. The molecule has 3 rings (SSSR count). The van der Waals surface area contributed by atoms with Crippen LogP contribution >= 0.6 is 11.8 Å². The van der Waals surface area contributed by atoms with Crippen LogP contribution in [0, 0.1) is 5.82 Å². The van der Waals surface area contributed by atoms with Gasteiger partial charge in [0.15, 0.2) is 0 Å². The number of benzene rings is 2. The number of hydrogen-bond donors (Lipinski definition) is 4. The minimum atomic E-state index is -1.49. The highest BCUT2D eigenvalue weighted by molar-refractivity contribution is 8.00. The number of fused-ring (bicyclic) bond motifs is 2. The molecule has 156 valence electrons. The Bertz CT molecular complexity index is 1030. The van der Waals surface area contributed by atoms with Crippen LogP contribution in [0.1, 0.15) is 10.4 Å². The van der Waals surface area contributed by atoms with E-state index in [2.05, 4.69) is 5.32 Å². The summed E-state index contributed by atoms with van der Waals surface area (Å²) in [6.07, 6.45) is -1.49. The van der Waals surface area contributed by atoms with Crippen molar-refractivity contribution in [2.75, 3.05) is 21.7 Å². The Balaban J connectivity index is 1.88. The van der Waals surface area contributed by atoms with Crippen LogP contribution in [0.4, 0.5) is 26.2 Å². The predicted octanol–water partition coefficient (Wildman–Crippen LogP) is 2.51. The van der Waals surface area contributed by atoms with Crippen LogP contribution in [-0.4, -0.2) is 51.6 Å². The third-order valence-electron chi connectivity index (χ3n) is 4.19. The van der Waals surface area contributed by atoms with Gasteiger partial charge in [0.2, 0.25) is 5.91 Å². The molecule has 0 bridgehead atoms. The minimum absolute atomic E-state index is 0.0273. The largest absolute Gasteiger partial charge is 0.480 e. The molecule has 0 fully saturated rings. The molecule has 0 radical (unpaired) electrons. The number of thioether (sulfide) groups is 1. The van der Waals surface area contributed by atoms with Crippen LogP contribution in [-0.2, 0) is 9.59 Å². The molecule has 0 aromatic heterocycles. The van der Waals surface area contributed by atoms with E-state index in [4.69, 9.17) is 10.2 Å². The third kappa shape index (κ3) is 4.51. The number of hydrogen-bond acceptors (Lipinski definition) is 5. The van der Waals surface area contributed by atoms with Crippen LogP contribution in [0.5, 0.6) is 0 Å². The normalized spacial score (nSPS) is 13.4. The summed E-state index contributed by atoms with van der Waals surface area (Å²) in [5.41, 5.74) is 0.886. The summed E-state index contributed by atoms with van der Waals surface area (Å²) in [6.45, 7) is 0. The van der Waals surface area contributed by atoms with E-state index in [9.17, 15) is 23.6 Å². The molecule has 1 unspecified atom stereocenters. The first-order valence-corrected chi connectivity index (χ1v) is 9.76. The predicted molar refractivity (Wildman–Crippen MR) is 108 cm³/mol. The number of amides is 3. The first-order valence-electron chi connectivity index (χ1n) is 8.61. The average molecular weight is 433 g/mol. The fourth-order valence-electron chi connectivity index (χ4n) is 2.90. The van der Waals surface area contributed by atoms with Crippen LogP contribution < -0.4 is 15.5 Å². The number of halogens is 1. The number of rotatable bonds is 6. The van der Waals surface area contributed by atoms with E-state index in [0.717, 1.165) is 23.9 Å². The van der Waals surface area contributed by atoms with E-state index >= 15 is 0 Å². The summed E-state index contributed by atoms with van der Waals surface area (Å²) in [4.78, 5) is 48.6. The van der Waals surface area contributed by atoms with Gasteiger partial charge in [0.25, 0.3) is 5.91 Å². The lowest BCUT2D eigenvalue weighted by Gasteiger charge is -2.24. The van der Waals surface area contributed by atoms with E-state index < -0.39 is 35.7 Å². The number of carboxylic acids is 1. The van der Waals surface area contributed by atoms with Crippen LogP contribution in [0.25, 0.3) is 0 Å². The third-order valence-corrected chi connectivity index (χ3v) is 5.21. The highest BCUT2D eigenvalue weighted by Crippen LogP contribution is 2.38. The Morgan fingerprint density at radius 1 is 1.13 bits per heavy atom. The van der Waals surface area contributed by atoms with E-state index in [0.29, 0.717) is 11.4 Å². The van der Waals surface area contributed by atoms with Gasteiger partial charge in [-0.25, -0.2) is 14.0 Å². The zero-order chi connectivity index (χ0) is 21.8. The van der Waals surface area contributed by atoms with Crippen LogP contribution in [0.2, 0.25) is 0 Å². The van der Waals surface area contributed by atoms with Crippen molar-refractivity contribution in [1.82, 2.24) is 5.32 Å². The number of anilines is 3. The minimum Gasteiger partial charge on any atom is -0.480 e. The molecule has 0 saturated carbocycles. The Morgan fingerprint density at radius 2 is 1.87 bits per heavy atom. The molecular formula is C19H16FN3O6S. The Labute approximate surface area is 173 Å². The van der Waals surface area contributed by atoms with Crippen LogP contribution in [0.3, 0.4) is 0 Å². The molecule has 3 amide bonds.